The van der Waals surface area contributed by atoms with Gasteiger partial charge in [0.05, 0.1) is 13.7 Å². The summed E-state index contributed by atoms with van der Waals surface area (Å²) >= 11 is 0. The number of ether oxygens (including phenoxy) is 2. The first-order valence-corrected chi connectivity index (χ1v) is 7.97. The summed E-state index contributed by atoms with van der Waals surface area (Å²) in [6.45, 7) is 1.83. The Morgan fingerprint density at radius 2 is 1.69 bits per heavy atom. The highest BCUT2D eigenvalue weighted by molar-refractivity contribution is 5.95. The van der Waals surface area contributed by atoms with Crippen LogP contribution in [-0.2, 0) is 4.79 Å². The molecule has 0 aliphatic carbocycles. The van der Waals surface area contributed by atoms with Gasteiger partial charge in [-0.3, -0.25) is 9.59 Å². The van der Waals surface area contributed by atoms with Gasteiger partial charge in [-0.1, -0.05) is 24.0 Å². The van der Waals surface area contributed by atoms with Crippen LogP contribution in [0.15, 0.2) is 48.5 Å². The van der Waals surface area contributed by atoms with Crippen molar-refractivity contribution in [3.05, 3.63) is 54.1 Å². The first-order valence-electron chi connectivity index (χ1n) is 7.97. The van der Waals surface area contributed by atoms with Gasteiger partial charge in [0.1, 0.15) is 6.61 Å². The number of carbonyl (C=O) groups is 2. The van der Waals surface area contributed by atoms with E-state index in [1.807, 2.05) is 12.1 Å². The van der Waals surface area contributed by atoms with Gasteiger partial charge < -0.3 is 20.1 Å². The van der Waals surface area contributed by atoms with Crippen molar-refractivity contribution in [1.82, 2.24) is 5.32 Å². The molecule has 0 saturated heterocycles. The number of anilines is 1. The molecule has 2 aromatic rings. The first kappa shape index (κ1) is 18.9. The van der Waals surface area contributed by atoms with E-state index in [-0.39, 0.29) is 25.0 Å². The number of para-hydroxylation sites is 2. The summed E-state index contributed by atoms with van der Waals surface area (Å²) in [6, 6.07) is 13.9. The SMILES string of the molecule is COc1ccccc1OCC#CCNC(=O)c1ccc(NC(C)=O)cc1. The zero-order valence-corrected chi connectivity index (χ0v) is 14.7. The van der Waals surface area contributed by atoms with Gasteiger partial charge in [0.15, 0.2) is 11.5 Å². The van der Waals surface area contributed by atoms with E-state index in [0.717, 1.165) is 0 Å². The summed E-state index contributed by atoms with van der Waals surface area (Å²) in [4.78, 5) is 23.0. The third-order valence-electron chi connectivity index (χ3n) is 3.30. The molecular formula is C20H20N2O4. The van der Waals surface area contributed by atoms with Crippen LogP contribution < -0.4 is 20.1 Å². The largest absolute Gasteiger partial charge is 0.493 e. The molecule has 0 spiro atoms. The summed E-state index contributed by atoms with van der Waals surface area (Å²) < 4.78 is 10.7. The molecule has 0 aromatic heterocycles. The molecule has 0 heterocycles. The van der Waals surface area contributed by atoms with Gasteiger partial charge in [0.25, 0.3) is 5.91 Å². The molecule has 26 heavy (non-hydrogen) atoms. The molecule has 0 radical (unpaired) electrons. The Bertz CT molecular complexity index is 820. The maximum atomic E-state index is 12.0. The molecule has 6 nitrogen and oxygen atoms in total. The molecule has 0 saturated carbocycles. The van der Waals surface area contributed by atoms with Crippen LogP contribution in [0, 0.1) is 11.8 Å². The first-order chi connectivity index (χ1) is 12.6. The van der Waals surface area contributed by atoms with Gasteiger partial charge >= 0.3 is 0 Å². The van der Waals surface area contributed by atoms with Crippen LogP contribution in [0.2, 0.25) is 0 Å². The zero-order valence-electron chi connectivity index (χ0n) is 14.7. The third-order valence-corrected chi connectivity index (χ3v) is 3.30. The molecule has 2 N–H and O–H groups in total. The molecule has 2 rings (SSSR count). The summed E-state index contributed by atoms with van der Waals surface area (Å²) in [7, 11) is 1.58. The van der Waals surface area contributed by atoms with Crippen molar-refractivity contribution in [3.8, 4) is 23.3 Å². The molecule has 6 heteroatoms. The maximum Gasteiger partial charge on any atom is 0.252 e. The summed E-state index contributed by atoms with van der Waals surface area (Å²) in [5.74, 6) is 6.53. The van der Waals surface area contributed by atoms with Crippen LogP contribution >= 0.6 is 0 Å². The average molecular weight is 352 g/mol. The van der Waals surface area contributed by atoms with Crippen LogP contribution in [0.4, 0.5) is 5.69 Å². The second kappa shape index (κ2) is 9.74. The van der Waals surface area contributed by atoms with Crippen molar-refractivity contribution >= 4 is 17.5 Å². The fourth-order valence-corrected chi connectivity index (χ4v) is 2.10. The lowest BCUT2D eigenvalue weighted by atomic mass is 10.2. The van der Waals surface area contributed by atoms with E-state index in [4.69, 9.17) is 9.47 Å². The van der Waals surface area contributed by atoms with Crippen LogP contribution in [0.1, 0.15) is 17.3 Å². The normalized spacial score (nSPS) is 9.46. The van der Waals surface area contributed by atoms with Gasteiger partial charge in [-0.15, -0.1) is 0 Å². The van der Waals surface area contributed by atoms with Gasteiger partial charge in [-0.05, 0) is 36.4 Å². The van der Waals surface area contributed by atoms with Gasteiger partial charge in [-0.25, -0.2) is 0 Å². The molecule has 2 aromatic carbocycles. The Labute approximate surface area is 152 Å². The Balaban J connectivity index is 1.76. The Kier molecular flexibility index (Phi) is 7.07. The number of benzene rings is 2. The molecule has 134 valence electrons. The van der Waals surface area contributed by atoms with Crippen molar-refractivity contribution in [2.75, 3.05) is 25.6 Å². The van der Waals surface area contributed by atoms with Crippen LogP contribution in [0.5, 0.6) is 11.5 Å². The number of amides is 2. The highest BCUT2D eigenvalue weighted by atomic mass is 16.5. The predicted octanol–water partition coefficient (Wildman–Crippen LogP) is 2.47. The van der Waals surface area contributed by atoms with E-state index in [0.29, 0.717) is 22.7 Å². The Morgan fingerprint density at radius 1 is 1.00 bits per heavy atom. The van der Waals surface area contributed by atoms with Gasteiger partial charge in [-0.2, -0.15) is 0 Å². The molecule has 0 bridgehead atoms. The monoisotopic (exact) mass is 352 g/mol. The van der Waals surface area contributed by atoms with Crippen molar-refractivity contribution in [1.29, 1.82) is 0 Å². The number of hydrogen-bond donors (Lipinski definition) is 2. The number of nitrogens with one attached hydrogen (secondary N) is 2. The highest BCUT2D eigenvalue weighted by Gasteiger charge is 2.04. The Hall–Kier alpha value is -3.46. The molecule has 2 amide bonds. The summed E-state index contributed by atoms with van der Waals surface area (Å²) in [5, 5.41) is 5.34. The van der Waals surface area contributed by atoms with E-state index in [2.05, 4.69) is 22.5 Å². The van der Waals surface area contributed by atoms with E-state index < -0.39 is 0 Å². The molecule has 0 aliphatic heterocycles. The predicted molar refractivity (Wildman–Crippen MR) is 99.3 cm³/mol. The van der Waals surface area contributed by atoms with E-state index in [1.54, 1.807) is 43.5 Å². The van der Waals surface area contributed by atoms with Gasteiger partial charge in [0.2, 0.25) is 5.91 Å². The van der Waals surface area contributed by atoms with Crippen molar-refractivity contribution in [3.63, 3.8) is 0 Å². The van der Waals surface area contributed by atoms with Gasteiger partial charge in [0, 0.05) is 18.2 Å². The lowest BCUT2D eigenvalue weighted by molar-refractivity contribution is -0.114. The lowest BCUT2D eigenvalue weighted by Gasteiger charge is -2.07. The second-order valence-electron chi connectivity index (χ2n) is 5.23. The third kappa shape index (κ3) is 5.87. The number of rotatable bonds is 6. The second-order valence-corrected chi connectivity index (χ2v) is 5.23. The minimum absolute atomic E-state index is 0.159. The smallest absolute Gasteiger partial charge is 0.252 e. The average Bonchev–Trinajstić information content (AvgIpc) is 2.64. The maximum absolute atomic E-state index is 12.0. The molecule has 0 atom stereocenters. The molecular weight excluding hydrogens is 332 g/mol. The molecule has 0 unspecified atom stereocenters. The number of carbonyl (C=O) groups excluding carboxylic acids is 2. The summed E-state index contributed by atoms with van der Waals surface area (Å²) in [5.41, 5.74) is 1.13. The zero-order chi connectivity index (χ0) is 18.8. The minimum Gasteiger partial charge on any atom is -0.493 e. The molecule has 0 aliphatic rings. The number of hydrogen-bond acceptors (Lipinski definition) is 4. The van der Waals surface area contributed by atoms with E-state index in [9.17, 15) is 9.59 Å². The summed E-state index contributed by atoms with van der Waals surface area (Å²) in [6.07, 6.45) is 0. The topological polar surface area (TPSA) is 76.7 Å². The van der Waals surface area contributed by atoms with Crippen molar-refractivity contribution < 1.29 is 19.1 Å². The Morgan fingerprint density at radius 3 is 2.35 bits per heavy atom. The fraction of sp³-hybridized carbons (Fsp3) is 0.200. The standard InChI is InChI=1S/C20H20N2O4/c1-15(23)22-17-11-9-16(10-12-17)20(24)21-13-5-6-14-26-19-8-4-3-7-18(19)25-2/h3-4,7-12H,13-14H2,1-2H3,(H,21,24)(H,22,23). The van der Waals surface area contributed by atoms with Crippen molar-refractivity contribution in [2.45, 2.75) is 6.92 Å². The quantitative estimate of drug-likeness (QED) is 0.783. The number of methoxy groups -OCH3 is 1. The van der Waals surface area contributed by atoms with Crippen LogP contribution in [0.25, 0.3) is 0 Å². The minimum atomic E-state index is -0.237. The van der Waals surface area contributed by atoms with Crippen molar-refractivity contribution in [2.24, 2.45) is 0 Å². The van der Waals surface area contributed by atoms with Crippen LogP contribution in [0.3, 0.4) is 0 Å². The van der Waals surface area contributed by atoms with Crippen LogP contribution in [-0.4, -0.2) is 32.1 Å². The van der Waals surface area contributed by atoms with E-state index in [1.165, 1.54) is 6.92 Å². The lowest BCUT2D eigenvalue weighted by Crippen LogP contribution is -2.23. The highest BCUT2D eigenvalue weighted by Crippen LogP contribution is 2.25. The molecule has 0 fully saturated rings. The van der Waals surface area contributed by atoms with E-state index >= 15 is 0 Å². The fourth-order valence-electron chi connectivity index (χ4n) is 2.10.